The van der Waals surface area contributed by atoms with Crippen molar-refractivity contribution in [2.45, 2.75) is 5.11 Å². The van der Waals surface area contributed by atoms with Crippen LogP contribution in [0.5, 0.6) is 0 Å². The largest absolute Gasteiger partial charge is 0.298 e. The highest BCUT2D eigenvalue weighted by Gasteiger charge is 2.23. The van der Waals surface area contributed by atoms with Gasteiger partial charge < -0.3 is 0 Å². The van der Waals surface area contributed by atoms with Gasteiger partial charge in [-0.1, -0.05) is 126 Å². The molecule has 204 valence electrons. The van der Waals surface area contributed by atoms with Gasteiger partial charge >= 0.3 is 0 Å². The topological polar surface area (TPSA) is 17.8 Å². The zero-order valence-electron chi connectivity index (χ0n) is 24.6. The average molecular weight is 566 g/mol. The summed E-state index contributed by atoms with van der Waals surface area (Å²) in [7, 11) is 18.8. The van der Waals surface area contributed by atoms with E-state index in [1.54, 1.807) is 0 Å². The normalized spacial score (nSPS) is 11.8. The first-order valence-corrected chi connectivity index (χ1v) is 15.0. The molecule has 5 heteroatoms. The number of rotatable bonds is 5. The van der Waals surface area contributed by atoms with Crippen LogP contribution in [0.3, 0.4) is 0 Å². The van der Waals surface area contributed by atoms with Gasteiger partial charge in [-0.3, -0.25) is 4.57 Å². The lowest BCUT2D eigenvalue weighted by Crippen LogP contribution is -2.31. The summed E-state index contributed by atoms with van der Waals surface area (Å²) in [5.74, 6) is 0.391. The van der Waals surface area contributed by atoms with E-state index in [-0.39, 0.29) is 0 Å². The van der Waals surface area contributed by atoms with Crippen molar-refractivity contribution in [3.05, 3.63) is 157 Å². The van der Waals surface area contributed by atoms with E-state index in [0.717, 1.165) is 27.8 Å². The van der Waals surface area contributed by atoms with Crippen molar-refractivity contribution in [1.29, 1.82) is 0 Å². The van der Waals surface area contributed by atoms with Crippen LogP contribution in [0.15, 0.2) is 152 Å². The molecule has 1 heterocycles. The van der Waals surface area contributed by atoms with Gasteiger partial charge in [-0.05, 0) is 85.3 Å². The fourth-order valence-electron chi connectivity index (χ4n) is 6.59. The van der Waals surface area contributed by atoms with Gasteiger partial charge in [-0.25, -0.2) is 4.98 Å². The molecule has 0 aliphatic rings. The van der Waals surface area contributed by atoms with Crippen LogP contribution in [-0.2, 0) is 5.11 Å². The smallest absolute Gasteiger partial charge is 0.0951 e. The highest BCUT2D eigenvalue weighted by molar-refractivity contribution is 6.58. The quantitative estimate of drug-likeness (QED) is 0.150. The van der Waals surface area contributed by atoms with Crippen molar-refractivity contribution in [2.75, 3.05) is 0 Å². The number of hydrogen-bond acceptors (Lipinski definition) is 1. The van der Waals surface area contributed by atoms with E-state index in [2.05, 4.69) is 121 Å². The third-order valence-electron chi connectivity index (χ3n) is 8.53. The summed E-state index contributed by atoms with van der Waals surface area (Å²) in [6.45, 7) is 0. The summed E-state index contributed by atoms with van der Waals surface area (Å²) >= 11 is 0. The van der Waals surface area contributed by atoms with Gasteiger partial charge in [0.05, 0.1) is 40.4 Å². The van der Waals surface area contributed by atoms with Crippen molar-refractivity contribution < 1.29 is 0 Å². The van der Waals surface area contributed by atoms with Gasteiger partial charge in [0.2, 0.25) is 0 Å². The Morgan fingerprint density at radius 1 is 0.444 bits per heavy atom. The van der Waals surface area contributed by atoms with Crippen LogP contribution in [0.25, 0.3) is 71.6 Å². The lowest BCUT2D eigenvalue weighted by molar-refractivity contribution is 0.930. The van der Waals surface area contributed by atoms with Crippen molar-refractivity contribution in [2.24, 2.45) is 0 Å². The minimum atomic E-state index is -1.63. The van der Waals surface area contributed by atoms with E-state index in [1.807, 2.05) is 34.9 Å². The molecule has 0 atom stereocenters. The molecule has 0 fully saturated rings. The molecule has 0 spiro atoms. The molecule has 0 saturated carbocycles. The number of nitrogens with zero attached hydrogens (tertiary/aromatic N) is 2. The predicted octanol–water partition coefficient (Wildman–Crippen LogP) is 8.95. The van der Waals surface area contributed by atoms with Crippen molar-refractivity contribution in [3.63, 3.8) is 0 Å². The third kappa shape index (κ3) is 4.67. The SMILES string of the molecule is [B]C([B])([B])c1nc2ccccc2n1-c1cccc(-c2c3ccccc3c(-c3ccccc3)c3cc(-c4ccccc4)ccc23)c1. The Labute approximate surface area is 266 Å². The van der Waals surface area contributed by atoms with Crippen LogP contribution in [0.1, 0.15) is 5.82 Å². The maximum atomic E-state index is 6.26. The van der Waals surface area contributed by atoms with E-state index < -0.39 is 5.11 Å². The molecular weight excluding hydrogens is 541 g/mol. The minimum absolute atomic E-state index is 0.391. The van der Waals surface area contributed by atoms with Gasteiger partial charge in [-0.2, -0.15) is 0 Å². The Morgan fingerprint density at radius 2 is 1.02 bits per heavy atom. The van der Waals surface area contributed by atoms with Crippen LogP contribution < -0.4 is 0 Å². The van der Waals surface area contributed by atoms with Gasteiger partial charge in [0, 0.05) is 5.69 Å². The summed E-state index contributed by atoms with van der Waals surface area (Å²) in [5, 5.41) is 3.11. The van der Waals surface area contributed by atoms with Gasteiger partial charge in [-0.15, -0.1) is 0 Å². The van der Waals surface area contributed by atoms with E-state index in [1.165, 1.54) is 43.8 Å². The molecule has 0 bridgehead atoms. The highest BCUT2D eigenvalue weighted by Crippen LogP contribution is 2.45. The van der Waals surface area contributed by atoms with E-state index in [9.17, 15) is 0 Å². The monoisotopic (exact) mass is 566 g/mol. The number of hydrogen-bond donors (Lipinski definition) is 0. The Hall–Kier alpha value is -5.28. The third-order valence-corrected chi connectivity index (χ3v) is 8.53. The van der Waals surface area contributed by atoms with Crippen molar-refractivity contribution >= 4 is 56.1 Å². The Kier molecular flexibility index (Phi) is 6.50. The van der Waals surface area contributed by atoms with E-state index in [4.69, 9.17) is 28.5 Å². The molecule has 1 aromatic heterocycles. The number of benzene rings is 7. The lowest BCUT2D eigenvalue weighted by atomic mass is 9.42. The van der Waals surface area contributed by atoms with Gasteiger partial charge in [0.1, 0.15) is 0 Å². The molecule has 45 heavy (non-hydrogen) atoms. The summed E-state index contributed by atoms with van der Waals surface area (Å²) in [6.07, 6.45) is 0. The second-order valence-electron chi connectivity index (χ2n) is 11.5. The van der Waals surface area contributed by atoms with E-state index in [0.29, 0.717) is 5.82 Å². The first kappa shape index (κ1) is 27.3. The lowest BCUT2D eigenvalue weighted by Gasteiger charge is -2.22. The molecule has 6 radical (unpaired) electrons. The molecule has 0 saturated heterocycles. The first-order valence-electron chi connectivity index (χ1n) is 15.0. The first-order chi connectivity index (χ1) is 22.0. The summed E-state index contributed by atoms with van der Waals surface area (Å²) in [5.41, 5.74) is 9.54. The predicted molar refractivity (Wildman–Crippen MR) is 191 cm³/mol. The van der Waals surface area contributed by atoms with Crippen LogP contribution >= 0.6 is 0 Å². The maximum Gasteiger partial charge on any atom is 0.0951 e. The molecule has 0 aliphatic heterocycles. The fraction of sp³-hybridized carbons (Fsp3) is 0.0250. The zero-order valence-corrected chi connectivity index (χ0v) is 24.6. The minimum Gasteiger partial charge on any atom is -0.298 e. The van der Waals surface area contributed by atoms with Gasteiger partial charge in [0.15, 0.2) is 0 Å². The van der Waals surface area contributed by atoms with Crippen LogP contribution in [0.2, 0.25) is 0 Å². The van der Waals surface area contributed by atoms with Crippen LogP contribution in [0, 0.1) is 0 Å². The van der Waals surface area contributed by atoms with Crippen molar-refractivity contribution in [3.8, 4) is 39.1 Å². The summed E-state index contributed by atoms with van der Waals surface area (Å²) in [4.78, 5) is 4.73. The highest BCUT2D eigenvalue weighted by atomic mass is 15.1. The Morgan fingerprint density at radius 3 is 1.73 bits per heavy atom. The molecule has 0 N–H and O–H groups in total. The molecule has 7 aromatic carbocycles. The maximum absolute atomic E-state index is 6.26. The van der Waals surface area contributed by atoms with Crippen LogP contribution in [-0.4, -0.2) is 33.1 Å². The summed E-state index contributed by atoms with van der Waals surface area (Å²) < 4.78 is 1.97. The second-order valence-corrected chi connectivity index (χ2v) is 11.5. The summed E-state index contributed by atoms with van der Waals surface area (Å²) in [6, 6.07) is 53.0. The standard InChI is InChI=1S/C40H25B3N2/c41-40(42,43)39-44-35-20-9-10-21-36(35)45(39)30-17-11-16-29(24-30)38-32-19-8-7-18-31(32)37(27-14-5-2-6-15-27)34-25-28(22-23-33(34)38)26-12-3-1-4-13-26/h1-25H. The Bertz CT molecular complexity index is 2350. The second kappa shape index (κ2) is 10.7. The van der Waals surface area contributed by atoms with Crippen molar-refractivity contribution in [1.82, 2.24) is 9.55 Å². The molecule has 0 aliphatic carbocycles. The molecule has 0 unspecified atom stereocenters. The number of para-hydroxylation sites is 2. The molecule has 0 amide bonds. The molecule has 8 aromatic rings. The number of imidazole rings is 1. The van der Waals surface area contributed by atoms with Crippen LogP contribution in [0.4, 0.5) is 0 Å². The number of fused-ring (bicyclic) bond motifs is 3. The molecule has 8 rings (SSSR count). The van der Waals surface area contributed by atoms with Gasteiger partial charge in [0.25, 0.3) is 0 Å². The van der Waals surface area contributed by atoms with E-state index >= 15 is 0 Å². The average Bonchev–Trinajstić information content (AvgIpc) is 3.48. The molecular formula is C40H25B3N2. The zero-order chi connectivity index (χ0) is 30.5. The fourth-order valence-corrected chi connectivity index (χ4v) is 6.59. The molecule has 2 nitrogen and oxygen atoms in total. The Balaban J connectivity index is 1.45. The number of aromatic nitrogens is 2.